The van der Waals surface area contributed by atoms with Crippen LogP contribution in [0.15, 0.2) is 0 Å². The van der Waals surface area contributed by atoms with Crippen LogP contribution in [0.3, 0.4) is 0 Å². The van der Waals surface area contributed by atoms with Gasteiger partial charge in [-0.1, -0.05) is 26.2 Å². The van der Waals surface area contributed by atoms with Crippen molar-refractivity contribution < 1.29 is 24.5 Å². The van der Waals surface area contributed by atoms with Gasteiger partial charge < -0.3 is 19.7 Å². The van der Waals surface area contributed by atoms with E-state index >= 15 is 0 Å². The van der Waals surface area contributed by atoms with E-state index in [0.717, 1.165) is 19.3 Å². The average molecular weight is 260 g/mol. The highest BCUT2D eigenvalue weighted by Gasteiger charge is 2.38. The number of aliphatic hydroxyl groups is 2. The van der Waals surface area contributed by atoms with Crippen LogP contribution in [0.4, 0.5) is 0 Å². The maximum Gasteiger partial charge on any atom is 0.308 e. The monoisotopic (exact) mass is 260 g/mol. The zero-order valence-corrected chi connectivity index (χ0v) is 11.2. The van der Waals surface area contributed by atoms with Crippen molar-refractivity contribution in [1.82, 2.24) is 0 Å². The van der Waals surface area contributed by atoms with E-state index in [9.17, 15) is 15.0 Å². The van der Waals surface area contributed by atoms with Gasteiger partial charge in [-0.15, -0.1) is 0 Å². The Bertz CT molecular complexity index is 256. The quantitative estimate of drug-likeness (QED) is 0.528. The molecule has 4 atom stereocenters. The summed E-state index contributed by atoms with van der Waals surface area (Å²) in [6.45, 7) is 2.11. The van der Waals surface area contributed by atoms with E-state index in [1.165, 1.54) is 7.11 Å². The first kappa shape index (κ1) is 15.4. The van der Waals surface area contributed by atoms with Crippen molar-refractivity contribution in [3.8, 4) is 0 Å². The van der Waals surface area contributed by atoms with Crippen molar-refractivity contribution >= 4 is 5.97 Å². The van der Waals surface area contributed by atoms with E-state index in [1.807, 2.05) is 0 Å². The molecule has 1 rings (SSSR count). The van der Waals surface area contributed by atoms with Crippen LogP contribution in [0.5, 0.6) is 0 Å². The Labute approximate surface area is 108 Å². The van der Waals surface area contributed by atoms with Crippen molar-refractivity contribution in [2.24, 2.45) is 0 Å². The first-order valence-electron chi connectivity index (χ1n) is 6.66. The van der Waals surface area contributed by atoms with E-state index in [4.69, 9.17) is 4.74 Å². The van der Waals surface area contributed by atoms with Crippen LogP contribution in [0.1, 0.15) is 45.4 Å². The van der Waals surface area contributed by atoms with Crippen molar-refractivity contribution in [2.45, 2.75) is 69.9 Å². The van der Waals surface area contributed by atoms with E-state index in [0.29, 0.717) is 12.8 Å². The highest BCUT2D eigenvalue weighted by atomic mass is 16.5. The molecule has 1 saturated heterocycles. The molecule has 1 aliphatic rings. The number of rotatable bonds is 7. The molecule has 0 aliphatic carbocycles. The Kier molecular flexibility index (Phi) is 6.60. The molecule has 1 heterocycles. The first-order valence-corrected chi connectivity index (χ1v) is 6.66. The van der Waals surface area contributed by atoms with Gasteiger partial charge in [-0.05, 0) is 6.42 Å². The van der Waals surface area contributed by atoms with Gasteiger partial charge >= 0.3 is 5.97 Å². The Morgan fingerprint density at radius 2 is 2.22 bits per heavy atom. The Hall–Kier alpha value is -0.650. The standard InChI is InChI=1S/C13H24O5/c1-3-4-5-6-9(14)11-7-10(15)12(18-11)8-13(16)17-2/h9-12,14-15H,3-8H2,1-2H3/t9?,10-,11-,12-/m1/s1. The highest BCUT2D eigenvalue weighted by Crippen LogP contribution is 2.27. The van der Waals surface area contributed by atoms with Gasteiger partial charge in [0.2, 0.25) is 0 Å². The van der Waals surface area contributed by atoms with Crippen LogP contribution in [0.2, 0.25) is 0 Å². The fourth-order valence-electron chi connectivity index (χ4n) is 2.23. The van der Waals surface area contributed by atoms with E-state index in [-0.39, 0.29) is 12.5 Å². The zero-order valence-electron chi connectivity index (χ0n) is 11.2. The van der Waals surface area contributed by atoms with E-state index in [2.05, 4.69) is 11.7 Å². The van der Waals surface area contributed by atoms with Crippen molar-refractivity contribution in [1.29, 1.82) is 0 Å². The second-order valence-corrected chi connectivity index (χ2v) is 4.86. The Balaban J connectivity index is 2.35. The predicted octanol–water partition coefficient (Wildman–Crippen LogP) is 1.01. The molecule has 1 aliphatic heterocycles. The number of carbonyl (C=O) groups excluding carboxylic acids is 1. The summed E-state index contributed by atoms with van der Waals surface area (Å²) in [6, 6.07) is 0. The third-order valence-corrected chi connectivity index (χ3v) is 3.38. The second kappa shape index (κ2) is 7.71. The Morgan fingerprint density at radius 3 is 2.83 bits per heavy atom. The summed E-state index contributed by atoms with van der Waals surface area (Å²) in [7, 11) is 1.31. The molecule has 0 bridgehead atoms. The lowest BCUT2D eigenvalue weighted by atomic mass is 10.0. The topological polar surface area (TPSA) is 76.0 Å². The molecule has 5 heteroatoms. The van der Waals surface area contributed by atoms with Crippen LogP contribution >= 0.6 is 0 Å². The van der Waals surface area contributed by atoms with Crippen LogP contribution < -0.4 is 0 Å². The molecule has 0 aromatic carbocycles. The SMILES string of the molecule is CCCCCC(O)[C@H]1C[C@@H](O)[C@@H](CC(=O)OC)O1. The van der Waals surface area contributed by atoms with Gasteiger partial charge in [-0.3, -0.25) is 4.79 Å². The number of unbranched alkanes of at least 4 members (excludes halogenated alkanes) is 2. The molecule has 0 aromatic heterocycles. The molecule has 0 spiro atoms. The third kappa shape index (κ3) is 4.55. The number of aliphatic hydroxyl groups excluding tert-OH is 2. The summed E-state index contributed by atoms with van der Waals surface area (Å²) in [6.07, 6.45) is 2.05. The molecule has 0 radical (unpaired) electrons. The average Bonchev–Trinajstić information content (AvgIpc) is 2.71. The fraction of sp³-hybridized carbons (Fsp3) is 0.923. The number of methoxy groups -OCH3 is 1. The Morgan fingerprint density at radius 1 is 1.50 bits per heavy atom. The molecular formula is C13H24O5. The maximum absolute atomic E-state index is 11.1. The van der Waals surface area contributed by atoms with Crippen LogP contribution in [0.25, 0.3) is 0 Å². The number of hydrogen-bond acceptors (Lipinski definition) is 5. The molecule has 1 fully saturated rings. The van der Waals surface area contributed by atoms with Crippen LogP contribution in [-0.2, 0) is 14.3 Å². The second-order valence-electron chi connectivity index (χ2n) is 4.86. The fourth-order valence-corrected chi connectivity index (χ4v) is 2.23. The number of hydrogen-bond donors (Lipinski definition) is 2. The van der Waals surface area contributed by atoms with Gasteiger partial charge in [0.1, 0.15) is 0 Å². The largest absolute Gasteiger partial charge is 0.469 e. The summed E-state index contributed by atoms with van der Waals surface area (Å²) >= 11 is 0. The minimum atomic E-state index is -0.699. The normalized spacial score (nSPS) is 29.2. The van der Waals surface area contributed by atoms with Gasteiger partial charge in [0, 0.05) is 6.42 Å². The molecule has 0 saturated carbocycles. The molecule has 5 nitrogen and oxygen atoms in total. The van der Waals surface area contributed by atoms with Gasteiger partial charge in [-0.25, -0.2) is 0 Å². The summed E-state index contributed by atoms with van der Waals surface area (Å²) in [5, 5.41) is 19.7. The summed E-state index contributed by atoms with van der Waals surface area (Å²) in [5.74, 6) is -0.403. The summed E-state index contributed by atoms with van der Waals surface area (Å²) in [5.41, 5.74) is 0. The number of esters is 1. The highest BCUT2D eigenvalue weighted by molar-refractivity contribution is 5.69. The predicted molar refractivity (Wildman–Crippen MR) is 66.1 cm³/mol. The summed E-state index contributed by atoms with van der Waals surface area (Å²) in [4.78, 5) is 11.1. The van der Waals surface area contributed by atoms with Gasteiger partial charge in [-0.2, -0.15) is 0 Å². The van der Waals surface area contributed by atoms with E-state index in [1.54, 1.807) is 0 Å². The lowest BCUT2D eigenvalue weighted by molar-refractivity contribution is -0.145. The first-order chi connectivity index (χ1) is 8.58. The number of carbonyl (C=O) groups is 1. The van der Waals surface area contributed by atoms with Gasteiger partial charge in [0.25, 0.3) is 0 Å². The molecule has 18 heavy (non-hydrogen) atoms. The van der Waals surface area contributed by atoms with Crippen LogP contribution in [-0.4, -0.2) is 47.7 Å². The zero-order chi connectivity index (χ0) is 13.5. The van der Waals surface area contributed by atoms with Crippen molar-refractivity contribution in [3.05, 3.63) is 0 Å². The lowest BCUT2D eigenvalue weighted by Gasteiger charge is -2.18. The molecule has 2 N–H and O–H groups in total. The maximum atomic E-state index is 11.1. The van der Waals surface area contributed by atoms with Crippen molar-refractivity contribution in [2.75, 3.05) is 7.11 Å². The number of ether oxygens (including phenoxy) is 2. The van der Waals surface area contributed by atoms with Gasteiger partial charge in [0.15, 0.2) is 0 Å². The molecule has 106 valence electrons. The molecule has 0 aromatic rings. The minimum absolute atomic E-state index is 0.0375. The lowest BCUT2D eigenvalue weighted by Crippen LogP contribution is -2.27. The minimum Gasteiger partial charge on any atom is -0.469 e. The third-order valence-electron chi connectivity index (χ3n) is 3.38. The molecule has 1 unspecified atom stereocenters. The van der Waals surface area contributed by atoms with Crippen LogP contribution in [0, 0.1) is 0 Å². The van der Waals surface area contributed by atoms with E-state index < -0.39 is 24.3 Å². The van der Waals surface area contributed by atoms with Crippen molar-refractivity contribution in [3.63, 3.8) is 0 Å². The van der Waals surface area contributed by atoms with Gasteiger partial charge in [0.05, 0.1) is 37.9 Å². The molecule has 0 amide bonds. The smallest absolute Gasteiger partial charge is 0.308 e. The molecular weight excluding hydrogens is 236 g/mol. The summed E-state index contributed by atoms with van der Waals surface area (Å²) < 4.78 is 10.1.